The molecule has 0 unspecified atom stereocenters. The van der Waals surface area contributed by atoms with Gasteiger partial charge < -0.3 is 9.64 Å². The minimum atomic E-state index is -3.85. The van der Waals surface area contributed by atoms with Gasteiger partial charge in [0.25, 0.3) is 5.91 Å². The van der Waals surface area contributed by atoms with E-state index in [9.17, 15) is 18.0 Å². The summed E-state index contributed by atoms with van der Waals surface area (Å²) in [4.78, 5) is 25.3. The number of carbonyl (C=O) groups excluding carboxylic acids is 2. The molecule has 0 saturated carbocycles. The van der Waals surface area contributed by atoms with Crippen LogP contribution in [0.3, 0.4) is 0 Å². The number of esters is 1. The van der Waals surface area contributed by atoms with Crippen molar-refractivity contribution in [2.75, 3.05) is 25.1 Å². The summed E-state index contributed by atoms with van der Waals surface area (Å²) in [5.74, 6) is -1.26. The summed E-state index contributed by atoms with van der Waals surface area (Å²) in [6, 6.07) is 13.9. The fourth-order valence-corrected chi connectivity index (χ4v) is 3.61. The molecule has 0 bridgehead atoms. The molecule has 8 heteroatoms. The average Bonchev–Trinajstić information content (AvgIpc) is 2.66. The van der Waals surface area contributed by atoms with Crippen molar-refractivity contribution in [1.82, 2.24) is 4.72 Å². The van der Waals surface area contributed by atoms with Crippen molar-refractivity contribution in [1.29, 1.82) is 0 Å². The molecule has 0 aliphatic rings. The highest BCUT2D eigenvalue weighted by molar-refractivity contribution is 7.89. The third kappa shape index (κ3) is 5.63. The largest absolute Gasteiger partial charge is 0.455 e. The van der Waals surface area contributed by atoms with E-state index in [1.54, 1.807) is 57.3 Å². The first-order chi connectivity index (χ1) is 12.7. The second kappa shape index (κ2) is 8.79. The van der Waals surface area contributed by atoms with Crippen molar-refractivity contribution in [3.05, 3.63) is 59.7 Å². The fourth-order valence-electron chi connectivity index (χ4n) is 2.31. The first-order valence-corrected chi connectivity index (χ1v) is 9.73. The van der Waals surface area contributed by atoms with Gasteiger partial charge >= 0.3 is 5.97 Å². The Balaban J connectivity index is 1.89. The van der Waals surface area contributed by atoms with Crippen molar-refractivity contribution in [2.24, 2.45) is 0 Å². The molecule has 1 amide bonds. The van der Waals surface area contributed by atoms with Crippen LogP contribution in [0.5, 0.6) is 0 Å². The van der Waals surface area contributed by atoms with E-state index >= 15 is 0 Å². The highest BCUT2D eigenvalue weighted by Gasteiger charge is 2.19. The Morgan fingerprint density at radius 2 is 1.74 bits per heavy atom. The van der Waals surface area contributed by atoms with E-state index in [1.807, 2.05) is 6.07 Å². The first kappa shape index (κ1) is 20.6. The van der Waals surface area contributed by atoms with Gasteiger partial charge in [-0.1, -0.05) is 30.3 Å². The van der Waals surface area contributed by atoms with Gasteiger partial charge in [0.15, 0.2) is 6.61 Å². The number of sulfonamides is 1. The number of ether oxygens (including phenoxy) is 1. The van der Waals surface area contributed by atoms with Gasteiger partial charge in [-0.05, 0) is 43.2 Å². The predicted molar refractivity (Wildman–Crippen MR) is 102 cm³/mol. The van der Waals surface area contributed by atoms with E-state index in [4.69, 9.17) is 4.74 Å². The van der Waals surface area contributed by atoms with Gasteiger partial charge in [-0.25, -0.2) is 8.42 Å². The third-order valence-electron chi connectivity index (χ3n) is 3.91. The number of amides is 1. The maximum atomic E-state index is 12.3. The van der Waals surface area contributed by atoms with Crippen molar-refractivity contribution < 1.29 is 22.7 Å². The first-order valence-electron chi connectivity index (χ1n) is 8.25. The smallest absolute Gasteiger partial charge is 0.321 e. The zero-order valence-electron chi connectivity index (χ0n) is 15.4. The number of hydrogen-bond donors (Lipinski definition) is 1. The third-order valence-corrected chi connectivity index (χ3v) is 5.46. The number of rotatable bonds is 7. The highest BCUT2D eigenvalue weighted by atomic mass is 32.2. The Hall–Kier alpha value is -2.71. The lowest BCUT2D eigenvalue weighted by Gasteiger charge is -2.17. The van der Waals surface area contributed by atoms with Crippen LogP contribution in [0.15, 0.2) is 53.4 Å². The molecule has 2 aromatic rings. The quantitative estimate of drug-likeness (QED) is 0.728. The summed E-state index contributed by atoms with van der Waals surface area (Å²) in [5, 5.41) is 0. The van der Waals surface area contributed by atoms with Gasteiger partial charge in [-0.2, -0.15) is 4.72 Å². The van der Waals surface area contributed by atoms with Crippen molar-refractivity contribution in [2.45, 2.75) is 18.7 Å². The van der Waals surface area contributed by atoms with E-state index in [0.717, 1.165) is 5.56 Å². The zero-order chi connectivity index (χ0) is 20.0. The van der Waals surface area contributed by atoms with Gasteiger partial charge in [0.05, 0.1) is 4.90 Å². The summed E-state index contributed by atoms with van der Waals surface area (Å²) in [5.41, 5.74) is 2.02. The summed E-state index contributed by atoms with van der Waals surface area (Å²) in [6.45, 7) is 2.42. The normalized spacial score (nSPS) is 11.1. The van der Waals surface area contributed by atoms with Crippen LogP contribution < -0.4 is 9.62 Å². The minimum absolute atomic E-state index is 0.107. The Morgan fingerprint density at radius 3 is 2.41 bits per heavy atom. The topological polar surface area (TPSA) is 92.8 Å². The van der Waals surface area contributed by atoms with Gasteiger partial charge in [0.1, 0.15) is 6.54 Å². The van der Waals surface area contributed by atoms with E-state index in [0.29, 0.717) is 11.3 Å². The molecule has 2 rings (SSSR count). The lowest BCUT2D eigenvalue weighted by molar-refractivity contribution is -0.146. The number of para-hydroxylation sites is 1. The van der Waals surface area contributed by atoms with Gasteiger partial charge in [0, 0.05) is 12.7 Å². The van der Waals surface area contributed by atoms with Crippen LogP contribution in [0.1, 0.15) is 11.1 Å². The fraction of sp³-hybridized carbons (Fsp3) is 0.263. The van der Waals surface area contributed by atoms with Gasteiger partial charge in [-0.15, -0.1) is 0 Å². The number of nitrogens with one attached hydrogen (secondary N) is 1. The Labute approximate surface area is 159 Å². The highest BCUT2D eigenvalue weighted by Crippen LogP contribution is 2.16. The Kier molecular flexibility index (Phi) is 6.70. The van der Waals surface area contributed by atoms with E-state index in [2.05, 4.69) is 4.72 Å². The SMILES string of the molecule is Cc1ccc(C)c(S(=O)(=O)NCC(=O)OCC(=O)N(C)c2ccccc2)c1. The molecule has 0 fully saturated rings. The lowest BCUT2D eigenvalue weighted by Crippen LogP contribution is -2.35. The van der Waals surface area contributed by atoms with Gasteiger partial charge in [0.2, 0.25) is 10.0 Å². The number of carbonyl (C=O) groups is 2. The zero-order valence-corrected chi connectivity index (χ0v) is 16.2. The van der Waals surface area contributed by atoms with Gasteiger partial charge in [-0.3, -0.25) is 9.59 Å². The second-order valence-electron chi connectivity index (χ2n) is 6.04. The molecule has 0 aliphatic carbocycles. The van der Waals surface area contributed by atoms with E-state index in [1.165, 1.54) is 11.0 Å². The van der Waals surface area contributed by atoms with Crippen LogP contribution in [0.25, 0.3) is 0 Å². The van der Waals surface area contributed by atoms with Crippen molar-refractivity contribution >= 4 is 27.6 Å². The molecule has 0 saturated heterocycles. The molecule has 0 heterocycles. The molecule has 7 nitrogen and oxygen atoms in total. The monoisotopic (exact) mass is 390 g/mol. The maximum absolute atomic E-state index is 12.3. The van der Waals surface area contributed by atoms with Crippen molar-refractivity contribution in [3.8, 4) is 0 Å². The molecule has 144 valence electrons. The molecule has 0 radical (unpaired) electrons. The number of nitrogens with zero attached hydrogens (tertiary/aromatic N) is 1. The van der Waals surface area contributed by atoms with Crippen molar-refractivity contribution in [3.63, 3.8) is 0 Å². The molecule has 0 atom stereocenters. The molecule has 0 aliphatic heterocycles. The Bertz CT molecular complexity index is 926. The minimum Gasteiger partial charge on any atom is -0.455 e. The van der Waals surface area contributed by atoms with Crippen LogP contribution in [0, 0.1) is 13.8 Å². The number of anilines is 1. The van der Waals surface area contributed by atoms with Crippen LogP contribution in [-0.2, 0) is 24.3 Å². The van der Waals surface area contributed by atoms with Crippen LogP contribution >= 0.6 is 0 Å². The van der Waals surface area contributed by atoms with Crippen LogP contribution in [0.2, 0.25) is 0 Å². The summed E-state index contributed by atoms with van der Waals surface area (Å²) >= 11 is 0. The van der Waals surface area contributed by atoms with Crippen LogP contribution in [0.4, 0.5) is 5.69 Å². The lowest BCUT2D eigenvalue weighted by atomic mass is 10.2. The summed E-state index contributed by atoms with van der Waals surface area (Å²) < 4.78 is 31.8. The number of benzene rings is 2. The summed E-state index contributed by atoms with van der Waals surface area (Å²) in [6.07, 6.45) is 0. The number of hydrogen-bond acceptors (Lipinski definition) is 5. The standard InChI is InChI=1S/C19H22N2O5S/c1-14-9-10-15(2)17(11-14)27(24,25)20-12-19(23)26-13-18(22)21(3)16-7-5-4-6-8-16/h4-11,20H,12-13H2,1-3H3. The second-order valence-corrected chi connectivity index (χ2v) is 7.78. The molecular formula is C19H22N2O5S. The molecule has 0 spiro atoms. The Morgan fingerprint density at radius 1 is 1.07 bits per heavy atom. The van der Waals surface area contributed by atoms with E-state index < -0.39 is 35.1 Å². The van der Waals surface area contributed by atoms with E-state index in [-0.39, 0.29) is 4.90 Å². The maximum Gasteiger partial charge on any atom is 0.321 e. The molecule has 2 aromatic carbocycles. The predicted octanol–water partition coefficient (Wildman–Crippen LogP) is 1.79. The molecule has 27 heavy (non-hydrogen) atoms. The van der Waals surface area contributed by atoms with Crippen LogP contribution in [-0.4, -0.2) is 40.5 Å². The molecular weight excluding hydrogens is 368 g/mol. The molecule has 0 aromatic heterocycles. The summed E-state index contributed by atoms with van der Waals surface area (Å²) in [7, 11) is -2.29. The average molecular weight is 390 g/mol. The number of likely N-dealkylation sites (N-methyl/N-ethyl adjacent to an activating group) is 1. The number of aryl methyl sites for hydroxylation is 2. The molecule has 1 N–H and O–H groups in total.